The van der Waals surface area contributed by atoms with Gasteiger partial charge in [0.2, 0.25) is 0 Å². The molecule has 0 unspecified atom stereocenters. The van der Waals surface area contributed by atoms with Crippen molar-refractivity contribution in [2.75, 3.05) is 24.2 Å². The maximum atomic E-state index is 5.87. The Kier molecular flexibility index (Phi) is 10.0. The first-order chi connectivity index (χ1) is 16.7. The van der Waals surface area contributed by atoms with Crippen LogP contribution >= 0.6 is 7.26 Å². The van der Waals surface area contributed by atoms with Crippen molar-refractivity contribution in [1.82, 2.24) is 0 Å². The zero-order valence-electron chi connectivity index (χ0n) is 20.0. The quantitative estimate of drug-likeness (QED) is 0.188. The zero-order valence-corrected chi connectivity index (χ0v) is 21.7. The summed E-state index contributed by atoms with van der Waals surface area (Å²) in [6, 6.07) is 38.8. The van der Waals surface area contributed by atoms with Crippen LogP contribution in [0.2, 0.25) is 0 Å². The fourth-order valence-electron chi connectivity index (χ4n) is 4.52. The summed E-state index contributed by atoms with van der Waals surface area (Å²) in [6.07, 6.45) is 5.70. The maximum Gasteiger partial charge on any atom is 0.121 e. The van der Waals surface area contributed by atoms with E-state index in [-0.39, 0.29) is 12.4 Å². The minimum absolute atomic E-state index is 0. The number of unbranched alkanes of at least 4 members (excludes halogenated alkanes) is 3. The van der Waals surface area contributed by atoms with Crippen LogP contribution in [0.4, 0.5) is 11.4 Å². The predicted octanol–water partition coefficient (Wildman–Crippen LogP) is 2.79. The van der Waals surface area contributed by atoms with Crippen LogP contribution in [0.25, 0.3) is 0 Å². The zero-order chi connectivity index (χ0) is 23.6. The molecule has 5 heteroatoms. The first kappa shape index (κ1) is 26.6. The van der Waals surface area contributed by atoms with E-state index in [9.17, 15) is 0 Å². The van der Waals surface area contributed by atoms with Gasteiger partial charge in [-0.1, -0.05) is 54.6 Å². The molecule has 0 aliphatic heterocycles. The number of anilines is 2. The molecule has 0 aliphatic rings. The van der Waals surface area contributed by atoms with E-state index in [1.165, 1.54) is 34.9 Å². The van der Waals surface area contributed by atoms with Crippen molar-refractivity contribution in [3.63, 3.8) is 0 Å². The van der Waals surface area contributed by atoms with E-state index >= 15 is 0 Å². The Morgan fingerprint density at radius 3 is 1.51 bits per heavy atom. The Bertz CT molecular complexity index is 1060. The van der Waals surface area contributed by atoms with Crippen LogP contribution < -0.4 is 44.5 Å². The van der Waals surface area contributed by atoms with Crippen LogP contribution in [0, 0.1) is 0 Å². The summed E-state index contributed by atoms with van der Waals surface area (Å²) in [4.78, 5) is 0. The normalized spacial score (nSPS) is 11.0. The molecule has 0 saturated heterocycles. The molecule has 0 amide bonds. The standard InChI is InChI=1S/C30H34N2OP.ClH/c31-29-21-20-25(24-30(29)32)33-22-12-1-2-13-23-34(26-14-6-3-7-15-26,27-16-8-4-9-17-27)28-18-10-5-11-19-28;/h3-11,14-21,24H,1-2,12-13,22-23,31-32H2;1H/q+1;/p-1. The number of nitrogens with two attached hydrogens (primary N) is 2. The van der Waals surface area contributed by atoms with Gasteiger partial charge in [0, 0.05) is 6.07 Å². The smallest absolute Gasteiger partial charge is 0.121 e. The Morgan fingerprint density at radius 1 is 0.543 bits per heavy atom. The van der Waals surface area contributed by atoms with Gasteiger partial charge in [0.05, 0.1) is 24.1 Å². The molecule has 4 rings (SSSR count). The predicted molar refractivity (Wildman–Crippen MR) is 149 cm³/mol. The third kappa shape index (κ3) is 6.57. The van der Waals surface area contributed by atoms with Crippen molar-refractivity contribution in [1.29, 1.82) is 0 Å². The number of rotatable bonds is 11. The Hall–Kier alpha value is -3.00. The molecule has 0 radical (unpaired) electrons. The summed E-state index contributed by atoms with van der Waals surface area (Å²) in [6.45, 7) is 0.694. The lowest BCUT2D eigenvalue weighted by molar-refractivity contribution is -0.00000725. The molecule has 35 heavy (non-hydrogen) atoms. The molecule has 0 fully saturated rings. The van der Waals surface area contributed by atoms with Crippen molar-refractivity contribution in [2.24, 2.45) is 0 Å². The number of hydrogen-bond donors (Lipinski definition) is 2. The average Bonchev–Trinajstić information content (AvgIpc) is 2.89. The van der Waals surface area contributed by atoms with E-state index in [0.29, 0.717) is 18.0 Å². The fourth-order valence-corrected chi connectivity index (χ4v) is 8.93. The monoisotopic (exact) mass is 504 g/mol. The topological polar surface area (TPSA) is 61.3 Å². The van der Waals surface area contributed by atoms with Crippen molar-refractivity contribution in [3.05, 3.63) is 109 Å². The van der Waals surface area contributed by atoms with Gasteiger partial charge in [0.1, 0.15) is 28.9 Å². The molecule has 4 aromatic rings. The summed E-state index contributed by atoms with van der Waals surface area (Å²) in [7, 11) is -1.72. The van der Waals surface area contributed by atoms with Crippen molar-refractivity contribution < 1.29 is 17.1 Å². The van der Waals surface area contributed by atoms with E-state index in [0.717, 1.165) is 18.6 Å². The second-order valence-electron chi connectivity index (χ2n) is 8.59. The molecule has 0 saturated carbocycles. The molecular formula is C30H34ClN2OP. The number of benzene rings is 4. The highest BCUT2D eigenvalue weighted by Gasteiger charge is 2.44. The Morgan fingerprint density at radius 2 is 1.03 bits per heavy atom. The lowest BCUT2D eigenvalue weighted by atomic mass is 10.2. The molecule has 4 N–H and O–H groups in total. The van der Waals surface area contributed by atoms with Crippen LogP contribution in [-0.2, 0) is 0 Å². The largest absolute Gasteiger partial charge is 1.00 e. The summed E-state index contributed by atoms with van der Waals surface area (Å²) in [5.41, 5.74) is 12.8. The molecule has 3 nitrogen and oxygen atoms in total. The van der Waals surface area contributed by atoms with Gasteiger partial charge in [0.15, 0.2) is 0 Å². The molecular weight excluding hydrogens is 471 g/mol. The molecule has 0 bridgehead atoms. The average molecular weight is 505 g/mol. The van der Waals surface area contributed by atoms with Crippen LogP contribution in [0.3, 0.4) is 0 Å². The first-order valence-corrected chi connectivity index (χ1v) is 14.0. The molecule has 0 heterocycles. The van der Waals surface area contributed by atoms with E-state index in [2.05, 4.69) is 91.0 Å². The van der Waals surface area contributed by atoms with Gasteiger partial charge < -0.3 is 28.6 Å². The van der Waals surface area contributed by atoms with Crippen molar-refractivity contribution >= 4 is 34.6 Å². The second kappa shape index (κ2) is 13.2. The van der Waals surface area contributed by atoms with E-state index in [4.69, 9.17) is 16.2 Å². The second-order valence-corrected chi connectivity index (χ2v) is 12.2. The van der Waals surface area contributed by atoms with Gasteiger partial charge >= 0.3 is 0 Å². The van der Waals surface area contributed by atoms with Gasteiger partial charge in [-0.25, -0.2) is 0 Å². The van der Waals surface area contributed by atoms with Gasteiger partial charge in [0.25, 0.3) is 0 Å². The summed E-state index contributed by atoms with van der Waals surface area (Å²) >= 11 is 0. The number of hydrogen-bond acceptors (Lipinski definition) is 3. The van der Waals surface area contributed by atoms with E-state index in [1.807, 2.05) is 6.07 Å². The number of nitrogen functional groups attached to an aromatic ring is 2. The van der Waals surface area contributed by atoms with Gasteiger partial charge in [-0.2, -0.15) is 0 Å². The minimum atomic E-state index is -1.72. The molecule has 182 valence electrons. The van der Waals surface area contributed by atoms with Crippen LogP contribution in [-0.4, -0.2) is 12.8 Å². The highest BCUT2D eigenvalue weighted by atomic mass is 35.5. The lowest BCUT2D eigenvalue weighted by Gasteiger charge is -2.27. The summed E-state index contributed by atoms with van der Waals surface area (Å²) < 4.78 is 5.87. The van der Waals surface area contributed by atoms with Crippen LogP contribution in [0.5, 0.6) is 5.75 Å². The van der Waals surface area contributed by atoms with Gasteiger partial charge in [-0.05, 0) is 74.2 Å². The molecule has 0 aromatic heterocycles. The third-order valence-corrected chi connectivity index (χ3v) is 10.8. The fraction of sp³-hybridized carbons (Fsp3) is 0.200. The summed E-state index contributed by atoms with van der Waals surface area (Å²) in [5, 5.41) is 4.37. The van der Waals surface area contributed by atoms with E-state index < -0.39 is 7.26 Å². The number of halogens is 1. The maximum absolute atomic E-state index is 5.87. The van der Waals surface area contributed by atoms with Gasteiger partial charge in [-0.3, -0.25) is 0 Å². The highest BCUT2D eigenvalue weighted by Crippen LogP contribution is 2.55. The molecule has 0 aliphatic carbocycles. The SMILES string of the molecule is Nc1ccc(OCCCCCC[P+](c2ccccc2)(c2ccccc2)c2ccccc2)cc1N.[Cl-]. The Balaban J connectivity index is 0.00000342. The van der Waals surface area contributed by atoms with Gasteiger partial charge in [-0.15, -0.1) is 0 Å². The molecule has 0 atom stereocenters. The molecule has 4 aromatic carbocycles. The van der Waals surface area contributed by atoms with Crippen LogP contribution in [0.15, 0.2) is 109 Å². The van der Waals surface area contributed by atoms with E-state index in [1.54, 1.807) is 12.1 Å². The molecule has 0 spiro atoms. The van der Waals surface area contributed by atoms with Crippen LogP contribution in [0.1, 0.15) is 25.7 Å². The van der Waals surface area contributed by atoms with Crippen molar-refractivity contribution in [2.45, 2.75) is 25.7 Å². The minimum Gasteiger partial charge on any atom is -1.00 e. The highest BCUT2D eigenvalue weighted by molar-refractivity contribution is 7.95. The number of ether oxygens (including phenoxy) is 1. The Labute approximate surface area is 216 Å². The lowest BCUT2D eigenvalue weighted by Crippen LogP contribution is -3.00. The van der Waals surface area contributed by atoms with Crippen molar-refractivity contribution in [3.8, 4) is 5.75 Å². The first-order valence-electron chi connectivity index (χ1n) is 12.0. The summed E-state index contributed by atoms with van der Waals surface area (Å²) in [5.74, 6) is 0.786. The third-order valence-electron chi connectivity index (χ3n) is 6.31.